The van der Waals surface area contributed by atoms with Gasteiger partial charge in [0, 0.05) is 18.1 Å². The summed E-state index contributed by atoms with van der Waals surface area (Å²) in [5.41, 5.74) is -0.473. The second-order valence-electron chi connectivity index (χ2n) is 6.67. The van der Waals surface area contributed by atoms with Crippen LogP contribution in [0.2, 0.25) is 0 Å². The Hall–Kier alpha value is -0.570. The molecular weight excluding hydrogens is 226 g/mol. The van der Waals surface area contributed by atoms with Gasteiger partial charge in [0.15, 0.2) is 0 Å². The molecule has 0 radical (unpaired) electrons. The maximum absolute atomic E-state index is 11.3. The summed E-state index contributed by atoms with van der Waals surface area (Å²) >= 11 is 0. The molecule has 1 saturated carbocycles. The smallest absolute Gasteiger partial charge is 0.309 e. The van der Waals surface area contributed by atoms with E-state index in [4.69, 9.17) is 0 Å². The highest BCUT2D eigenvalue weighted by Crippen LogP contribution is 2.40. The van der Waals surface area contributed by atoms with Crippen molar-refractivity contribution in [3.8, 4) is 0 Å². The lowest BCUT2D eigenvalue weighted by Gasteiger charge is -2.47. The summed E-state index contributed by atoms with van der Waals surface area (Å²) < 4.78 is 0. The third kappa shape index (κ3) is 2.56. The fourth-order valence-corrected chi connectivity index (χ4v) is 3.91. The molecule has 2 unspecified atom stereocenters. The normalized spacial score (nSPS) is 42.7. The number of piperidine rings is 1. The lowest BCUT2D eigenvalue weighted by Crippen LogP contribution is -2.52. The molecule has 2 aliphatic rings. The van der Waals surface area contributed by atoms with Gasteiger partial charge in [0.1, 0.15) is 0 Å². The van der Waals surface area contributed by atoms with Crippen LogP contribution in [0.3, 0.4) is 0 Å². The van der Waals surface area contributed by atoms with Crippen LogP contribution in [0, 0.1) is 5.41 Å². The Balaban J connectivity index is 1.98. The van der Waals surface area contributed by atoms with E-state index in [0.29, 0.717) is 18.1 Å². The van der Waals surface area contributed by atoms with Gasteiger partial charge in [0.05, 0.1) is 5.41 Å². The van der Waals surface area contributed by atoms with E-state index >= 15 is 0 Å². The summed E-state index contributed by atoms with van der Waals surface area (Å²) in [6.07, 6.45) is 7.73. The summed E-state index contributed by atoms with van der Waals surface area (Å²) in [6.45, 7) is 6.58. The van der Waals surface area contributed by atoms with Crippen LogP contribution in [0.5, 0.6) is 0 Å². The highest BCUT2D eigenvalue weighted by atomic mass is 16.4. The van der Waals surface area contributed by atoms with Gasteiger partial charge in [0.25, 0.3) is 0 Å². The Morgan fingerprint density at radius 3 is 2.06 bits per heavy atom. The maximum Gasteiger partial charge on any atom is 0.309 e. The number of likely N-dealkylation sites (tertiary alicyclic amines) is 1. The summed E-state index contributed by atoms with van der Waals surface area (Å²) in [7, 11) is 0. The predicted octanol–water partition coefficient (Wildman–Crippen LogP) is 3.28. The largest absolute Gasteiger partial charge is 0.481 e. The summed E-state index contributed by atoms with van der Waals surface area (Å²) in [4.78, 5) is 13.9. The molecule has 1 heterocycles. The first kappa shape index (κ1) is 13.9. The van der Waals surface area contributed by atoms with E-state index in [1.54, 1.807) is 0 Å². The van der Waals surface area contributed by atoms with Gasteiger partial charge in [0.2, 0.25) is 0 Å². The third-order valence-corrected chi connectivity index (χ3v) is 5.26. The molecule has 0 aromatic carbocycles. The molecular formula is C15H27NO2. The third-order valence-electron chi connectivity index (χ3n) is 5.26. The van der Waals surface area contributed by atoms with Crippen molar-refractivity contribution in [2.75, 3.05) is 0 Å². The van der Waals surface area contributed by atoms with Crippen molar-refractivity contribution < 1.29 is 9.90 Å². The molecule has 2 rings (SSSR count). The summed E-state index contributed by atoms with van der Waals surface area (Å²) in [5, 5.41) is 9.28. The average molecular weight is 253 g/mol. The number of carbonyl (C=O) groups is 1. The molecule has 0 aromatic heterocycles. The van der Waals surface area contributed by atoms with E-state index in [2.05, 4.69) is 18.7 Å². The molecule has 1 aliphatic heterocycles. The maximum atomic E-state index is 11.3. The van der Waals surface area contributed by atoms with Gasteiger partial charge in [-0.2, -0.15) is 0 Å². The number of aliphatic carboxylic acids is 1. The van der Waals surface area contributed by atoms with Gasteiger partial charge in [-0.15, -0.1) is 0 Å². The second-order valence-corrected chi connectivity index (χ2v) is 6.67. The molecule has 104 valence electrons. The lowest BCUT2D eigenvalue weighted by molar-refractivity contribution is -0.150. The van der Waals surface area contributed by atoms with E-state index in [1.807, 2.05) is 6.92 Å². The molecule has 0 amide bonds. The van der Waals surface area contributed by atoms with Crippen LogP contribution in [0.1, 0.15) is 65.7 Å². The zero-order valence-electron chi connectivity index (χ0n) is 12.0. The Bertz CT molecular complexity index is 298. The molecule has 18 heavy (non-hydrogen) atoms. The zero-order valence-corrected chi connectivity index (χ0v) is 12.0. The van der Waals surface area contributed by atoms with E-state index in [1.165, 1.54) is 19.3 Å². The monoisotopic (exact) mass is 253 g/mol. The number of nitrogens with zero attached hydrogens (tertiary/aromatic N) is 1. The summed E-state index contributed by atoms with van der Waals surface area (Å²) in [6, 6.07) is 1.96. The Morgan fingerprint density at radius 1 is 1.11 bits per heavy atom. The number of hydrogen-bond donors (Lipinski definition) is 1. The highest BCUT2D eigenvalue weighted by Gasteiger charge is 2.41. The topological polar surface area (TPSA) is 40.5 Å². The van der Waals surface area contributed by atoms with Crippen LogP contribution in [-0.4, -0.2) is 34.1 Å². The molecule has 3 heteroatoms. The predicted molar refractivity (Wildman–Crippen MR) is 72.6 cm³/mol. The van der Waals surface area contributed by atoms with Gasteiger partial charge in [-0.1, -0.05) is 6.42 Å². The van der Waals surface area contributed by atoms with E-state index in [-0.39, 0.29) is 0 Å². The molecule has 1 N–H and O–H groups in total. The number of carboxylic acids is 1. The van der Waals surface area contributed by atoms with Gasteiger partial charge in [-0.25, -0.2) is 0 Å². The Morgan fingerprint density at radius 2 is 1.61 bits per heavy atom. The fourth-order valence-electron chi connectivity index (χ4n) is 3.91. The van der Waals surface area contributed by atoms with Crippen LogP contribution in [0.15, 0.2) is 0 Å². The zero-order chi connectivity index (χ0) is 13.3. The minimum Gasteiger partial charge on any atom is -0.481 e. The fraction of sp³-hybridized carbons (Fsp3) is 0.933. The van der Waals surface area contributed by atoms with Crippen LogP contribution in [0.25, 0.3) is 0 Å². The van der Waals surface area contributed by atoms with E-state index < -0.39 is 11.4 Å². The van der Waals surface area contributed by atoms with Crippen molar-refractivity contribution in [1.82, 2.24) is 4.90 Å². The Labute approximate surface area is 111 Å². The van der Waals surface area contributed by atoms with Crippen LogP contribution >= 0.6 is 0 Å². The number of hydrogen-bond acceptors (Lipinski definition) is 2. The Kier molecular flexibility index (Phi) is 4.00. The first-order chi connectivity index (χ1) is 8.44. The van der Waals surface area contributed by atoms with Gasteiger partial charge < -0.3 is 5.11 Å². The number of carboxylic acid groups (broad SMARTS) is 1. The number of rotatable bonds is 2. The molecule has 2 fully saturated rings. The SMILES string of the molecule is CC1CCCC(C)N1C1CCC(C)(C(=O)O)CC1. The van der Waals surface area contributed by atoms with Crippen LogP contribution in [0.4, 0.5) is 0 Å². The average Bonchev–Trinajstić information content (AvgIpc) is 2.31. The van der Waals surface area contributed by atoms with Crippen LogP contribution < -0.4 is 0 Å². The minimum absolute atomic E-state index is 0.473. The first-order valence-electron chi connectivity index (χ1n) is 7.45. The summed E-state index contributed by atoms with van der Waals surface area (Å²) in [5.74, 6) is -0.610. The van der Waals surface area contributed by atoms with Crippen molar-refractivity contribution in [3.05, 3.63) is 0 Å². The molecule has 1 saturated heterocycles. The van der Waals surface area contributed by atoms with Gasteiger partial charge in [-0.05, 0) is 59.3 Å². The molecule has 2 atom stereocenters. The van der Waals surface area contributed by atoms with E-state index in [0.717, 1.165) is 25.7 Å². The van der Waals surface area contributed by atoms with Crippen molar-refractivity contribution in [2.45, 2.75) is 83.8 Å². The molecule has 1 aliphatic carbocycles. The molecule has 3 nitrogen and oxygen atoms in total. The molecule has 0 spiro atoms. The first-order valence-corrected chi connectivity index (χ1v) is 7.45. The van der Waals surface area contributed by atoms with Gasteiger partial charge >= 0.3 is 5.97 Å². The van der Waals surface area contributed by atoms with Crippen molar-refractivity contribution in [2.24, 2.45) is 5.41 Å². The van der Waals surface area contributed by atoms with Crippen molar-refractivity contribution in [1.29, 1.82) is 0 Å². The molecule has 0 aromatic rings. The molecule has 0 bridgehead atoms. The quantitative estimate of drug-likeness (QED) is 0.821. The van der Waals surface area contributed by atoms with Gasteiger partial charge in [-0.3, -0.25) is 9.69 Å². The minimum atomic E-state index is -0.610. The standard InChI is InChI=1S/C15H27NO2/c1-11-5-4-6-12(2)16(11)13-7-9-15(3,10-8-13)14(17)18/h11-13H,4-10H2,1-3H3,(H,17,18). The van der Waals surface area contributed by atoms with Crippen molar-refractivity contribution >= 4 is 5.97 Å². The highest BCUT2D eigenvalue weighted by molar-refractivity contribution is 5.74. The van der Waals surface area contributed by atoms with Crippen LogP contribution in [-0.2, 0) is 4.79 Å². The van der Waals surface area contributed by atoms with Crippen molar-refractivity contribution in [3.63, 3.8) is 0 Å². The lowest BCUT2D eigenvalue weighted by atomic mass is 9.73. The van der Waals surface area contributed by atoms with E-state index in [9.17, 15) is 9.90 Å². The second kappa shape index (κ2) is 5.20.